The maximum atomic E-state index is 12.8. The number of methoxy groups -OCH3 is 1. The molecule has 0 amide bonds. The minimum Gasteiger partial charge on any atom is -0.494 e. The van der Waals surface area contributed by atoms with Crippen LogP contribution in [-0.2, 0) is 6.42 Å². The Morgan fingerprint density at radius 2 is 2.07 bits per heavy atom. The van der Waals surface area contributed by atoms with E-state index in [0.717, 1.165) is 53.0 Å². The summed E-state index contributed by atoms with van der Waals surface area (Å²) in [4.78, 5) is 29.2. The second kappa shape index (κ2) is 6.71. The van der Waals surface area contributed by atoms with Crippen LogP contribution in [0, 0.1) is 0 Å². The molecule has 2 aliphatic rings. The van der Waals surface area contributed by atoms with Gasteiger partial charge in [-0.15, -0.1) is 11.3 Å². The average molecular weight is 411 g/mol. The van der Waals surface area contributed by atoms with Gasteiger partial charge in [0, 0.05) is 21.5 Å². The minimum atomic E-state index is -1.25. The molecule has 1 unspecified atom stereocenters. The Hall–Kier alpha value is -2.64. The topological polar surface area (TPSA) is 99.6 Å². The van der Waals surface area contributed by atoms with Crippen LogP contribution in [0.15, 0.2) is 23.1 Å². The Morgan fingerprint density at radius 3 is 2.72 bits per heavy atom. The average Bonchev–Trinajstić information content (AvgIpc) is 3.45. The summed E-state index contributed by atoms with van der Waals surface area (Å²) in [5.74, 6) is -0.351. The third-order valence-electron chi connectivity index (χ3n) is 5.93. The second-order valence-corrected chi connectivity index (χ2v) is 8.90. The first kappa shape index (κ1) is 18.4. The Kier molecular flexibility index (Phi) is 4.26. The molecular weight excluding hydrogens is 390 g/mol. The monoisotopic (exact) mass is 411 g/mol. The molecule has 1 fully saturated rings. The predicted molar refractivity (Wildman–Crippen MR) is 111 cm³/mol. The highest BCUT2D eigenvalue weighted by molar-refractivity contribution is 7.15. The van der Waals surface area contributed by atoms with Crippen molar-refractivity contribution >= 4 is 28.2 Å². The molecule has 0 spiro atoms. The Labute approximate surface area is 170 Å². The number of aromatic nitrogens is 1. The standard InChI is InChI=1S/C22H21NO5S/c1-28-20-17(16-7-11-3-2-4-15(24)21(11)29-16)12(10-5-6-10)8-13-18(20)23-9-14(19(13)25)22(26)27/h7-10,15,24H,2-6H2,1H3,(H,23,25)(H,26,27). The number of aromatic amines is 1. The molecule has 7 heteroatoms. The van der Waals surface area contributed by atoms with E-state index in [9.17, 15) is 19.8 Å². The van der Waals surface area contributed by atoms with Crippen LogP contribution in [-0.4, -0.2) is 28.3 Å². The van der Waals surface area contributed by atoms with Crippen molar-refractivity contribution in [2.45, 2.75) is 44.1 Å². The molecule has 0 aliphatic heterocycles. The molecule has 2 heterocycles. The summed E-state index contributed by atoms with van der Waals surface area (Å²) >= 11 is 1.59. The lowest BCUT2D eigenvalue weighted by Crippen LogP contribution is -2.16. The molecule has 3 N–H and O–H groups in total. The fourth-order valence-electron chi connectivity index (χ4n) is 4.35. The van der Waals surface area contributed by atoms with Gasteiger partial charge in [-0.05, 0) is 61.3 Å². The smallest absolute Gasteiger partial charge is 0.341 e. The van der Waals surface area contributed by atoms with Gasteiger partial charge in [0.05, 0.1) is 24.1 Å². The van der Waals surface area contributed by atoms with Crippen LogP contribution in [0.25, 0.3) is 21.3 Å². The summed E-state index contributed by atoms with van der Waals surface area (Å²) in [6, 6.07) is 3.98. The van der Waals surface area contributed by atoms with Crippen LogP contribution in [0.5, 0.6) is 5.75 Å². The highest BCUT2D eigenvalue weighted by atomic mass is 32.1. The van der Waals surface area contributed by atoms with Crippen molar-refractivity contribution in [1.29, 1.82) is 0 Å². The quantitative estimate of drug-likeness (QED) is 0.597. The number of aryl methyl sites for hydroxylation is 1. The van der Waals surface area contributed by atoms with Crippen LogP contribution in [0.4, 0.5) is 0 Å². The van der Waals surface area contributed by atoms with Gasteiger partial charge in [-0.25, -0.2) is 4.79 Å². The molecule has 1 saturated carbocycles. The summed E-state index contributed by atoms with van der Waals surface area (Å²) in [7, 11) is 1.57. The summed E-state index contributed by atoms with van der Waals surface area (Å²) in [6.07, 6.45) is 5.59. The van der Waals surface area contributed by atoms with E-state index in [1.165, 1.54) is 11.8 Å². The number of rotatable bonds is 4. The summed E-state index contributed by atoms with van der Waals surface area (Å²) in [5, 5.41) is 20.1. The number of benzene rings is 1. The fourth-order valence-corrected chi connectivity index (χ4v) is 5.65. The van der Waals surface area contributed by atoms with Crippen LogP contribution in [0.1, 0.15) is 64.1 Å². The number of ether oxygens (including phenoxy) is 1. The summed E-state index contributed by atoms with van der Waals surface area (Å²) in [5.41, 5.74) is 2.89. The van der Waals surface area contributed by atoms with Crippen LogP contribution in [0.3, 0.4) is 0 Å². The van der Waals surface area contributed by atoms with E-state index in [1.54, 1.807) is 18.4 Å². The van der Waals surface area contributed by atoms with Gasteiger partial charge in [0.25, 0.3) is 0 Å². The van der Waals surface area contributed by atoms with Crippen LogP contribution >= 0.6 is 11.3 Å². The van der Waals surface area contributed by atoms with Crippen LogP contribution < -0.4 is 10.2 Å². The minimum absolute atomic E-state index is 0.274. The van der Waals surface area contributed by atoms with Gasteiger partial charge in [-0.3, -0.25) is 4.79 Å². The largest absolute Gasteiger partial charge is 0.494 e. The first-order chi connectivity index (χ1) is 14.0. The van der Waals surface area contributed by atoms with E-state index in [1.807, 2.05) is 6.07 Å². The van der Waals surface area contributed by atoms with E-state index in [4.69, 9.17) is 4.74 Å². The number of H-pyrrole nitrogens is 1. The van der Waals surface area contributed by atoms with Crippen molar-refractivity contribution < 1.29 is 19.7 Å². The first-order valence-electron chi connectivity index (χ1n) is 9.80. The van der Waals surface area contributed by atoms with Gasteiger partial charge in [-0.2, -0.15) is 0 Å². The molecule has 150 valence electrons. The maximum absolute atomic E-state index is 12.8. The van der Waals surface area contributed by atoms with Gasteiger partial charge < -0.3 is 19.9 Å². The van der Waals surface area contributed by atoms with Gasteiger partial charge in [-0.1, -0.05) is 0 Å². The number of hydrogen-bond acceptors (Lipinski definition) is 5. The molecule has 0 radical (unpaired) electrons. The molecule has 3 aromatic rings. The number of aliphatic hydroxyl groups is 1. The second-order valence-electron chi connectivity index (χ2n) is 7.82. The molecule has 2 aromatic heterocycles. The van der Waals surface area contributed by atoms with E-state index >= 15 is 0 Å². The third kappa shape index (κ3) is 2.88. The lowest BCUT2D eigenvalue weighted by molar-refractivity contribution is 0.0695. The molecule has 0 saturated heterocycles. The van der Waals surface area contributed by atoms with Gasteiger partial charge in [0.15, 0.2) is 5.75 Å². The molecule has 1 aromatic carbocycles. The number of nitrogens with one attached hydrogen (secondary N) is 1. The van der Waals surface area contributed by atoms with E-state index in [0.29, 0.717) is 22.6 Å². The maximum Gasteiger partial charge on any atom is 0.341 e. The van der Waals surface area contributed by atoms with Crippen molar-refractivity contribution in [2.24, 2.45) is 0 Å². The molecule has 1 atom stereocenters. The number of carbonyl (C=O) groups is 1. The third-order valence-corrected chi connectivity index (χ3v) is 7.22. The van der Waals surface area contributed by atoms with Gasteiger partial charge in [0.1, 0.15) is 5.56 Å². The highest BCUT2D eigenvalue weighted by Crippen LogP contribution is 2.52. The lowest BCUT2D eigenvalue weighted by Gasteiger charge is -2.16. The molecule has 0 bridgehead atoms. The normalized spacial score (nSPS) is 18.6. The zero-order valence-electron chi connectivity index (χ0n) is 15.9. The Balaban J connectivity index is 1.81. The predicted octanol–water partition coefficient (Wildman–Crippen LogP) is 4.21. The van der Waals surface area contributed by atoms with Crippen molar-refractivity contribution in [3.63, 3.8) is 0 Å². The SMILES string of the molecule is COc1c(-c2cc3c(s2)C(O)CCC3)c(C2CC2)cc2c(=O)c(C(=O)O)c[nH]c12. The summed E-state index contributed by atoms with van der Waals surface area (Å²) < 4.78 is 5.77. The number of pyridine rings is 1. The van der Waals surface area contributed by atoms with Crippen molar-refractivity contribution in [2.75, 3.05) is 7.11 Å². The number of aliphatic hydroxyl groups excluding tert-OH is 1. The van der Waals surface area contributed by atoms with Gasteiger partial charge >= 0.3 is 5.97 Å². The van der Waals surface area contributed by atoms with Gasteiger partial charge in [0.2, 0.25) is 5.43 Å². The van der Waals surface area contributed by atoms with Crippen molar-refractivity contribution in [3.8, 4) is 16.2 Å². The fraction of sp³-hybridized carbons (Fsp3) is 0.364. The number of carboxylic acids is 1. The molecule has 6 nitrogen and oxygen atoms in total. The Bertz CT molecular complexity index is 1200. The molecule has 5 rings (SSSR count). The molecule has 2 aliphatic carbocycles. The number of carboxylic acid groups (broad SMARTS) is 1. The lowest BCUT2D eigenvalue weighted by atomic mass is 9.94. The highest BCUT2D eigenvalue weighted by Gasteiger charge is 2.32. The number of aromatic carboxylic acids is 1. The van der Waals surface area contributed by atoms with E-state index < -0.39 is 17.5 Å². The molecular formula is C22H21NO5S. The van der Waals surface area contributed by atoms with Crippen molar-refractivity contribution in [3.05, 3.63) is 50.1 Å². The zero-order chi connectivity index (χ0) is 20.3. The first-order valence-corrected chi connectivity index (χ1v) is 10.6. The number of fused-ring (bicyclic) bond motifs is 2. The van der Waals surface area contributed by atoms with Crippen LogP contribution in [0.2, 0.25) is 0 Å². The number of hydrogen-bond donors (Lipinski definition) is 3. The molecule has 29 heavy (non-hydrogen) atoms. The summed E-state index contributed by atoms with van der Waals surface area (Å²) in [6.45, 7) is 0. The van der Waals surface area contributed by atoms with Crippen molar-refractivity contribution in [1.82, 2.24) is 4.98 Å². The van der Waals surface area contributed by atoms with E-state index in [2.05, 4.69) is 11.1 Å². The Morgan fingerprint density at radius 1 is 1.28 bits per heavy atom. The number of thiophene rings is 1. The zero-order valence-corrected chi connectivity index (χ0v) is 16.8. The van der Waals surface area contributed by atoms with E-state index in [-0.39, 0.29) is 5.56 Å².